The third-order valence-electron chi connectivity index (χ3n) is 3.86. The SMILES string of the molecule is O=C(NC(C(=O)O)c1cccc2ccccc12)OCc1ccccc1. The van der Waals surface area contributed by atoms with Gasteiger partial charge in [0, 0.05) is 0 Å². The lowest BCUT2D eigenvalue weighted by Gasteiger charge is -2.17. The van der Waals surface area contributed by atoms with Crippen LogP contribution in [0.15, 0.2) is 72.8 Å². The number of ether oxygens (including phenoxy) is 1. The van der Waals surface area contributed by atoms with Gasteiger partial charge in [0.25, 0.3) is 0 Å². The standard InChI is InChI=1S/C20H17NO4/c22-19(23)18(17-12-6-10-15-9-4-5-11-16(15)17)21-20(24)25-13-14-7-2-1-3-8-14/h1-12,18H,13H2,(H,21,24)(H,22,23). The fraction of sp³-hybridized carbons (Fsp3) is 0.100. The molecule has 0 saturated heterocycles. The monoisotopic (exact) mass is 335 g/mol. The smallest absolute Gasteiger partial charge is 0.408 e. The molecule has 0 aliphatic carbocycles. The molecule has 3 rings (SSSR count). The van der Waals surface area contributed by atoms with E-state index in [0.29, 0.717) is 5.56 Å². The van der Waals surface area contributed by atoms with E-state index in [1.807, 2.05) is 60.7 Å². The Morgan fingerprint density at radius 1 is 0.920 bits per heavy atom. The quantitative estimate of drug-likeness (QED) is 0.742. The zero-order chi connectivity index (χ0) is 17.6. The van der Waals surface area contributed by atoms with E-state index in [1.54, 1.807) is 12.1 Å². The number of rotatable bonds is 5. The number of amides is 1. The first-order chi connectivity index (χ1) is 12.1. The summed E-state index contributed by atoms with van der Waals surface area (Å²) in [6.07, 6.45) is -0.774. The van der Waals surface area contributed by atoms with Gasteiger partial charge in [-0.05, 0) is 21.9 Å². The first-order valence-electron chi connectivity index (χ1n) is 7.83. The Hall–Kier alpha value is -3.34. The fourth-order valence-electron chi connectivity index (χ4n) is 2.66. The molecule has 0 bridgehead atoms. The van der Waals surface area contributed by atoms with Crippen molar-refractivity contribution >= 4 is 22.8 Å². The summed E-state index contributed by atoms with van der Waals surface area (Å²) < 4.78 is 5.13. The molecule has 0 saturated carbocycles. The number of alkyl carbamates (subject to hydrolysis) is 1. The summed E-state index contributed by atoms with van der Waals surface area (Å²) in [5.41, 5.74) is 1.34. The van der Waals surface area contributed by atoms with E-state index in [0.717, 1.165) is 16.3 Å². The lowest BCUT2D eigenvalue weighted by Crippen LogP contribution is -2.34. The van der Waals surface area contributed by atoms with Gasteiger partial charge in [0.05, 0.1) is 0 Å². The number of benzene rings is 3. The average Bonchev–Trinajstić information content (AvgIpc) is 2.65. The summed E-state index contributed by atoms with van der Waals surface area (Å²) in [5, 5.41) is 13.7. The van der Waals surface area contributed by atoms with E-state index < -0.39 is 18.1 Å². The molecule has 2 N–H and O–H groups in total. The molecule has 0 radical (unpaired) electrons. The number of carboxylic acid groups (broad SMARTS) is 1. The van der Waals surface area contributed by atoms with Crippen LogP contribution in [0.1, 0.15) is 17.2 Å². The Kier molecular flexibility index (Phi) is 4.95. The zero-order valence-corrected chi connectivity index (χ0v) is 13.4. The van der Waals surface area contributed by atoms with Crippen LogP contribution in [0.2, 0.25) is 0 Å². The molecule has 0 aliphatic rings. The summed E-state index contributed by atoms with van der Waals surface area (Å²) in [5.74, 6) is -1.15. The first-order valence-corrected chi connectivity index (χ1v) is 7.83. The highest BCUT2D eigenvalue weighted by molar-refractivity contribution is 5.92. The number of nitrogens with one attached hydrogen (secondary N) is 1. The normalized spacial score (nSPS) is 11.7. The highest BCUT2D eigenvalue weighted by atomic mass is 16.5. The molecule has 5 nitrogen and oxygen atoms in total. The number of carbonyl (C=O) groups excluding carboxylic acids is 1. The molecular weight excluding hydrogens is 318 g/mol. The minimum absolute atomic E-state index is 0.0779. The van der Waals surface area contributed by atoms with E-state index in [1.165, 1.54) is 0 Å². The van der Waals surface area contributed by atoms with Crippen LogP contribution in [0.25, 0.3) is 10.8 Å². The molecule has 3 aromatic rings. The van der Waals surface area contributed by atoms with Gasteiger partial charge in [-0.25, -0.2) is 9.59 Å². The number of hydrogen-bond donors (Lipinski definition) is 2. The first kappa shape index (κ1) is 16.5. The minimum Gasteiger partial charge on any atom is -0.479 e. The molecular formula is C20H17NO4. The molecule has 5 heteroatoms. The summed E-state index contributed by atoms with van der Waals surface area (Å²) >= 11 is 0. The van der Waals surface area contributed by atoms with Gasteiger partial charge in [0.15, 0.2) is 6.04 Å². The van der Waals surface area contributed by atoms with Crippen molar-refractivity contribution in [2.24, 2.45) is 0 Å². The van der Waals surface area contributed by atoms with Gasteiger partial charge in [0.1, 0.15) is 6.61 Å². The van der Waals surface area contributed by atoms with Crippen molar-refractivity contribution in [3.05, 3.63) is 83.9 Å². The number of hydrogen-bond acceptors (Lipinski definition) is 3. The highest BCUT2D eigenvalue weighted by Gasteiger charge is 2.24. The lowest BCUT2D eigenvalue weighted by atomic mass is 9.99. The van der Waals surface area contributed by atoms with Crippen LogP contribution in [0.4, 0.5) is 4.79 Å². The Bertz CT molecular complexity index is 887. The van der Waals surface area contributed by atoms with Crippen LogP contribution in [0.5, 0.6) is 0 Å². The molecule has 1 unspecified atom stereocenters. The van der Waals surface area contributed by atoms with E-state index in [9.17, 15) is 14.7 Å². The summed E-state index contributed by atoms with van der Waals surface area (Å²) in [7, 11) is 0. The maximum absolute atomic E-state index is 12.0. The molecule has 1 atom stereocenters. The molecule has 3 aromatic carbocycles. The number of aliphatic carboxylic acids is 1. The van der Waals surface area contributed by atoms with E-state index in [4.69, 9.17) is 4.74 Å². The van der Waals surface area contributed by atoms with Gasteiger partial charge in [-0.1, -0.05) is 72.8 Å². The molecule has 0 aliphatic heterocycles. The largest absolute Gasteiger partial charge is 0.479 e. The maximum atomic E-state index is 12.0. The van der Waals surface area contributed by atoms with Gasteiger partial charge in [-0.3, -0.25) is 0 Å². The third kappa shape index (κ3) is 3.95. The topological polar surface area (TPSA) is 75.6 Å². The van der Waals surface area contributed by atoms with Gasteiger partial charge in [0.2, 0.25) is 0 Å². The molecule has 0 aromatic heterocycles. The highest BCUT2D eigenvalue weighted by Crippen LogP contribution is 2.24. The van der Waals surface area contributed by atoms with Crippen molar-refractivity contribution in [2.45, 2.75) is 12.6 Å². The molecule has 0 heterocycles. The van der Waals surface area contributed by atoms with Crippen molar-refractivity contribution in [1.29, 1.82) is 0 Å². The predicted octanol–water partition coefficient (Wildman–Crippen LogP) is 3.89. The van der Waals surface area contributed by atoms with Crippen LogP contribution < -0.4 is 5.32 Å². The predicted molar refractivity (Wildman–Crippen MR) is 94.1 cm³/mol. The molecule has 25 heavy (non-hydrogen) atoms. The number of carboxylic acids is 1. The second-order valence-corrected chi connectivity index (χ2v) is 5.55. The van der Waals surface area contributed by atoms with Gasteiger partial charge in [-0.2, -0.15) is 0 Å². The van der Waals surface area contributed by atoms with Crippen LogP contribution in [0, 0.1) is 0 Å². The van der Waals surface area contributed by atoms with Crippen molar-refractivity contribution in [2.75, 3.05) is 0 Å². The van der Waals surface area contributed by atoms with Gasteiger partial charge >= 0.3 is 12.1 Å². The van der Waals surface area contributed by atoms with E-state index in [-0.39, 0.29) is 6.61 Å². The lowest BCUT2D eigenvalue weighted by molar-refractivity contribution is -0.139. The van der Waals surface area contributed by atoms with Crippen LogP contribution in [-0.2, 0) is 16.1 Å². The van der Waals surface area contributed by atoms with Crippen molar-refractivity contribution in [1.82, 2.24) is 5.32 Å². The third-order valence-corrected chi connectivity index (χ3v) is 3.86. The zero-order valence-electron chi connectivity index (χ0n) is 13.4. The second kappa shape index (κ2) is 7.49. The van der Waals surface area contributed by atoms with Gasteiger partial charge < -0.3 is 15.2 Å². The molecule has 0 spiro atoms. The number of fused-ring (bicyclic) bond motifs is 1. The van der Waals surface area contributed by atoms with E-state index in [2.05, 4.69) is 5.32 Å². The Balaban J connectivity index is 1.77. The Morgan fingerprint density at radius 2 is 1.60 bits per heavy atom. The fourth-order valence-corrected chi connectivity index (χ4v) is 2.66. The van der Waals surface area contributed by atoms with Crippen LogP contribution in [-0.4, -0.2) is 17.2 Å². The maximum Gasteiger partial charge on any atom is 0.408 e. The Morgan fingerprint density at radius 3 is 2.36 bits per heavy atom. The van der Waals surface area contributed by atoms with Crippen molar-refractivity contribution in [3.8, 4) is 0 Å². The average molecular weight is 335 g/mol. The van der Waals surface area contributed by atoms with Gasteiger partial charge in [-0.15, -0.1) is 0 Å². The van der Waals surface area contributed by atoms with Crippen LogP contribution >= 0.6 is 0 Å². The molecule has 126 valence electrons. The van der Waals surface area contributed by atoms with Crippen LogP contribution in [0.3, 0.4) is 0 Å². The number of carbonyl (C=O) groups is 2. The molecule has 0 fully saturated rings. The minimum atomic E-state index is -1.19. The van der Waals surface area contributed by atoms with Crippen molar-refractivity contribution in [3.63, 3.8) is 0 Å². The summed E-state index contributed by atoms with van der Waals surface area (Å²) in [6, 6.07) is 20.8. The summed E-state index contributed by atoms with van der Waals surface area (Å²) in [6.45, 7) is 0.0779. The molecule has 1 amide bonds. The van der Waals surface area contributed by atoms with Crippen molar-refractivity contribution < 1.29 is 19.4 Å². The summed E-state index contributed by atoms with van der Waals surface area (Å²) in [4.78, 5) is 23.7. The van der Waals surface area contributed by atoms with E-state index >= 15 is 0 Å². The second-order valence-electron chi connectivity index (χ2n) is 5.55. The Labute approximate surface area is 144 Å².